The van der Waals surface area contributed by atoms with Gasteiger partial charge in [-0.25, -0.2) is 0 Å². The molecule has 0 N–H and O–H groups in total. The van der Waals surface area contributed by atoms with Gasteiger partial charge in [-0.2, -0.15) is 0 Å². The van der Waals surface area contributed by atoms with Crippen molar-refractivity contribution < 1.29 is 4.39 Å². The minimum atomic E-state index is -0.202. The van der Waals surface area contributed by atoms with Crippen molar-refractivity contribution in [3.05, 3.63) is 106 Å². The number of allylic oxidation sites excluding steroid dienone is 1. The van der Waals surface area contributed by atoms with Crippen LogP contribution in [0.15, 0.2) is 72.8 Å². The van der Waals surface area contributed by atoms with Gasteiger partial charge in [0.2, 0.25) is 0 Å². The SMILES string of the molecule is CCc1ccccc1C1=C(c2ccc(CC3CN(CCCF)C3)cc2)c2ccccc2CCC1. The van der Waals surface area contributed by atoms with Gasteiger partial charge in [-0.1, -0.05) is 79.7 Å². The lowest BCUT2D eigenvalue weighted by Crippen LogP contribution is -2.47. The minimum Gasteiger partial charge on any atom is -0.303 e. The summed E-state index contributed by atoms with van der Waals surface area (Å²) in [6.07, 6.45) is 6.27. The third kappa shape index (κ3) is 4.88. The Labute approximate surface area is 204 Å². The first-order valence-corrected chi connectivity index (χ1v) is 13.0. The van der Waals surface area contributed by atoms with E-state index in [1.807, 2.05) is 0 Å². The van der Waals surface area contributed by atoms with E-state index in [9.17, 15) is 4.39 Å². The Morgan fingerprint density at radius 3 is 2.35 bits per heavy atom. The highest BCUT2D eigenvalue weighted by Crippen LogP contribution is 2.41. The van der Waals surface area contributed by atoms with Crippen molar-refractivity contribution in [3.63, 3.8) is 0 Å². The first kappa shape index (κ1) is 23.1. The fourth-order valence-corrected chi connectivity index (χ4v) is 5.86. The molecule has 1 aliphatic heterocycles. The fraction of sp³-hybridized carbons (Fsp3) is 0.375. The molecule has 0 saturated carbocycles. The largest absolute Gasteiger partial charge is 0.303 e. The van der Waals surface area contributed by atoms with E-state index in [4.69, 9.17) is 0 Å². The second-order valence-electron chi connectivity index (χ2n) is 9.94. The molecule has 5 rings (SSSR count). The lowest BCUT2D eigenvalue weighted by Gasteiger charge is -2.39. The number of nitrogens with zero attached hydrogens (tertiary/aromatic N) is 1. The minimum absolute atomic E-state index is 0.202. The zero-order valence-corrected chi connectivity index (χ0v) is 20.4. The van der Waals surface area contributed by atoms with Crippen molar-refractivity contribution in [2.45, 2.75) is 45.4 Å². The molecule has 3 aromatic carbocycles. The Bertz CT molecular complexity index is 1140. The van der Waals surface area contributed by atoms with Crippen LogP contribution in [0.2, 0.25) is 0 Å². The molecule has 0 unspecified atom stereocenters. The van der Waals surface area contributed by atoms with Gasteiger partial charge in [0.1, 0.15) is 0 Å². The summed E-state index contributed by atoms with van der Waals surface area (Å²) in [6.45, 7) is 5.18. The molecule has 1 fully saturated rings. The number of aryl methyl sites for hydroxylation is 2. The van der Waals surface area contributed by atoms with Crippen LogP contribution in [0.5, 0.6) is 0 Å². The average molecular weight is 454 g/mol. The number of fused-ring (bicyclic) bond motifs is 1. The van der Waals surface area contributed by atoms with Crippen LogP contribution < -0.4 is 0 Å². The van der Waals surface area contributed by atoms with E-state index in [2.05, 4.69) is 84.6 Å². The molecular formula is C32H36FN. The summed E-state index contributed by atoms with van der Waals surface area (Å²) >= 11 is 0. The lowest BCUT2D eigenvalue weighted by atomic mass is 9.85. The topological polar surface area (TPSA) is 3.24 Å². The van der Waals surface area contributed by atoms with E-state index < -0.39 is 0 Å². The fourth-order valence-electron chi connectivity index (χ4n) is 5.86. The van der Waals surface area contributed by atoms with Crippen LogP contribution >= 0.6 is 0 Å². The molecule has 0 amide bonds. The maximum atomic E-state index is 12.4. The summed E-state index contributed by atoms with van der Waals surface area (Å²) in [5.41, 5.74) is 11.4. The number of likely N-dealkylation sites (tertiary alicyclic amines) is 1. The quantitative estimate of drug-likeness (QED) is 0.344. The molecular weight excluding hydrogens is 417 g/mol. The molecule has 2 aliphatic rings. The zero-order valence-electron chi connectivity index (χ0n) is 20.4. The van der Waals surface area contributed by atoms with Crippen molar-refractivity contribution in [2.75, 3.05) is 26.3 Å². The molecule has 1 saturated heterocycles. The Morgan fingerprint density at radius 2 is 1.59 bits per heavy atom. The Balaban J connectivity index is 1.47. The lowest BCUT2D eigenvalue weighted by molar-refractivity contribution is 0.0968. The number of hydrogen-bond acceptors (Lipinski definition) is 1. The second kappa shape index (κ2) is 10.7. The molecule has 2 heteroatoms. The molecule has 0 spiro atoms. The van der Waals surface area contributed by atoms with Gasteiger partial charge in [0.25, 0.3) is 0 Å². The molecule has 0 aromatic heterocycles. The predicted molar refractivity (Wildman–Crippen MR) is 142 cm³/mol. The molecule has 0 radical (unpaired) electrons. The molecule has 1 heterocycles. The van der Waals surface area contributed by atoms with Crippen molar-refractivity contribution >= 4 is 11.1 Å². The molecule has 0 atom stereocenters. The number of benzene rings is 3. The third-order valence-corrected chi connectivity index (χ3v) is 7.59. The molecule has 3 aromatic rings. The zero-order chi connectivity index (χ0) is 23.3. The second-order valence-corrected chi connectivity index (χ2v) is 9.94. The molecule has 34 heavy (non-hydrogen) atoms. The van der Waals surface area contributed by atoms with Crippen molar-refractivity contribution in [1.82, 2.24) is 4.90 Å². The summed E-state index contributed by atoms with van der Waals surface area (Å²) in [4.78, 5) is 2.38. The normalized spacial score (nSPS) is 16.8. The summed E-state index contributed by atoms with van der Waals surface area (Å²) < 4.78 is 12.4. The first-order valence-electron chi connectivity index (χ1n) is 13.0. The van der Waals surface area contributed by atoms with E-state index >= 15 is 0 Å². The monoisotopic (exact) mass is 453 g/mol. The van der Waals surface area contributed by atoms with Crippen molar-refractivity contribution in [1.29, 1.82) is 0 Å². The van der Waals surface area contributed by atoms with Gasteiger partial charge < -0.3 is 4.90 Å². The standard InChI is InChI=1S/C32H36FN/c1-2-26-9-3-5-12-29(26)31-14-7-11-27-10-4-6-13-30(27)32(31)28-17-15-24(16-18-28)21-25-22-34(23-25)20-8-19-33/h3-6,9-10,12-13,15-18,25H,2,7-8,11,14,19-23H2,1H3. The number of rotatable bonds is 8. The summed E-state index contributed by atoms with van der Waals surface area (Å²) in [5, 5.41) is 0. The van der Waals surface area contributed by atoms with Gasteiger partial charge in [-0.05, 0) is 89.0 Å². The van der Waals surface area contributed by atoms with Crippen molar-refractivity contribution in [3.8, 4) is 0 Å². The summed E-state index contributed by atoms with van der Waals surface area (Å²) in [6, 6.07) is 27.3. The summed E-state index contributed by atoms with van der Waals surface area (Å²) in [7, 11) is 0. The van der Waals surface area contributed by atoms with Gasteiger partial charge in [-0.15, -0.1) is 0 Å². The highest BCUT2D eigenvalue weighted by Gasteiger charge is 2.26. The van der Waals surface area contributed by atoms with E-state index in [0.29, 0.717) is 12.3 Å². The number of halogens is 1. The Hall–Kier alpha value is -2.71. The van der Waals surface area contributed by atoms with Crippen LogP contribution in [0.3, 0.4) is 0 Å². The van der Waals surface area contributed by atoms with E-state index in [0.717, 1.165) is 45.3 Å². The molecule has 1 nitrogen and oxygen atoms in total. The van der Waals surface area contributed by atoms with Crippen LogP contribution in [-0.4, -0.2) is 31.2 Å². The number of alkyl halides is 1. The molecule has 176 valence electrons. The first-order chi connectivity index (χ1) is 16.8. The van der Waals surface area contributed by atoms with Gasteiger partial charge in [0.05, 0.1) is 6.67 Å². The Morgan fingerprint density at radius 1 is 0.853 bits per heavy atom. The van der Waals surface area contributed by atoms with Crippen LogP contribution in [-0.2, 0) is 19.3 Å². The van der Waals surface area contributed by atoms with Gasteiger partial charge in [0, 0.05) is 19.6 Å². The molecule has 0 bridgehead atoms. The number of hydrogen-bond donors (Lipinski definition) is 0. The van der Waals surface area contributed by atoms with Crippen LogP contribution in [0.25, 0.3) is 11.1 Å². The van der Waals surface area contributed by atoms with E-state index in [1.54, 1.807) is 0 Å². The van der Waals surface area contributed by atoms with Crippen molar-refractivity contribution in [2.24, 2.45) is 5.92 Å². The van der Waals surface area contributed by atoms with Crippen LogP contribution in [0.1, 0.15) is 59.6 Å². The van der Waals surface area contributed by atoms with Crippen LogP contribution in [0, 0.1) is 5.92 Å². The van der Waals surface area contributed by atoms with Gasteiger partial charge in [-0.3, -0.25) is 4.39 Å². The Kier molecular flexibility index (Phi) is 7.25. The van der Waals surface area contributed by atoms with Crippen LogP contribution in [0.4, 0.5) is 4.39 Å². The highest BCUT2D eigenvalue weighted by molar-refractivity contribution is 6.00. The highest BCUT2D eigenvalue weighted by atomic mass is 19.1. The predicted octanol–water partition coefficient (Wildman–Crippen LogP) is 7.38. The van der Waals surface area contributed by atoms with Gasteiger partial charge >= 0.3 is 0 Å². The van der Waals surface area contributed by atoms with Gasteiger partial charge in [0.15, 0.2) is 0 Å². The maximum Gasteiger partial charge on any atom is 0.0906 e. The summed E-state index contributed by atoms with van der Waals surface area (Å²) in [5.74, 6) is 0.704. The smallest absolute Gasteiger partial charge is 0.0906 e. The van der Waals surface area contributed by atoms with E-state index in [-0.39, 0.29) is 6.67 Å². The average Bonchev–Trinajstić information content (AvgIpc) is 3.05. The van der Waals surface area contributed by atoms with E-state index in [1.165, 1.54) is 50.9 Å². The molecule has 1 aliphatic carbocycles. The third-order valence-electron chi connectivity index (χ3n) is 7.59. The maximum absolute atomic E-state index is 12.4.